The fraction of sp³-hybridized carbons (Fsp3) is 0.524. The zero-order chi connectivity index (χ0) is 20.6. The van der Waals surface area contributed by atoms with Gasteiger partial charge in [0, 0.05) is 61.7 Å². The van der Waals surface area contributed by atoms with Gasteiger partial charge in [0.2, 0.25) is 0 Å². The highest BCUT2D eigenvalue weighted by Crippen LogP contribution is 2.38. The number of rotatable bonds is 4. The summed E-state index contributed by atoms with van der Waals surface area (Å²) in [6.07, 6.45) is -2.57. The average molecular weight is 409 g/mol. The molecule has 156 valence electrons. The highest BCUT2D eigenvalue weighted by Gasteiger charge is 2.35. The van der Waals surface area contributed by atoms with E-state index >= 15 is 0 Å². The van der Waals surface area contributed by atoms with Crippen LogP contribution in [0.15, 0.2) is 30.5 Å². The molecular weight excluding hydrogens is 386 g/mol. The van der Waals surface area contributed by atoms with Crippen LogP contribution in [-0.2, 0) is 11.0 Å². The molecule has 1 N–H and O–H groups in total. The van der Waals surface area contributed by atoms with E-state index in [1.807, 2.05) is 4.90 Å². The molecule has 2 aromatic rings. The molecule has 29 heavy (non-hydrogen) atoms. The van der Waals surface area contributed by atoms with Gasteiger partial charge in [0.05, 0.1) is 11.1 Å². The third-order valence-electron chi connectivity index (χ3n) is 6.06. The van der Waals surface area contributed by atoms with Gasteiger partial charge in [-0.05, 0) is 37.1 Å². The summed E-state index contributed by atoms with van der Waals surface area (Å²) in [5, 5.41) is 3.43. The number of carbonyl (C=O) groups is 1. The number of carbonyl (C=O) groups excluding carboxylic acids is 1. The lowest BCUT2D eigenvalue weighted by atomic mass is 9.86. The molecule has 2 aliphatic heterocycles. The summed E-state index contributed by atoms with van der Waals surface area (Å²) in [4.78, 5) is 18.5. The molecule has 0 unspecified atom stereocenters. The Kier molecular flexibility index (Phi) is 5.46. The molecule has 4 rings (SSSR count). The minimum Gasteiger partial charge on any atom is -0.371 e. The summed E-state index contributed by atoms with van der Waals surface area (Å²) >= 11 is 0. The molecule has 1 aromatic carbocycles. The van der Waals surface area contributed by atoms with E-state index in [0.717, 1.165) is 6.07 Å². The Hall–Kier alpha value is -2.22. The molecule has 8 heteroatoms. The fourth-order valence-electron chi connectivity index (χ4n) is 4.43. The first kappa shape index (κ1) is 20.1. The van der Waals surface area contributed by atoms with Crippen molar-refractivity contribution in [2.75, 3.05) is 31.1 Å². The van der Waals surface area contributed by atoms with Crippen molar-refractivity contribution in [3.8, 4) is 0 Å². The molecule has 2 aliphatic rings. The van der Waals surface area contributed by atoms with E-state index in [2.05, 4.69) is 10.3 Å². The molecule has 4 nitrogen and oxygen atoms in total. The maximum absolute atomic E-state index is 13.8. The first-order chi connectivity index (χ1) is 13.8. The largest absolute Gasteiger partial charge is 0.418 e. The molecule has 3 heterocycles. The predicted molar refractivity (Wildman–Crippen MR) is 103 cm³/mol. The zero-order valence-electron chi connectivity index (χ0n) is 15.9. The van der Waals surface area contributed by atoms with Gasteiger partial charge in [-0.3, -0.25) is 9.78 Å². The van der Waals surface area contributed by atoms with E-state index < -0.39 is 17.9 Å². The lowest BCUT2D eigenvalue weighted by Gasteiger charge is -2.34. The summed E-state index contributed by atoms with van der Waals surface area (Å²) in [5.41, 5.74) is -0.0953. The molecule has 0 saturated carbocycles. The monoisotopic (exact) mass is 409 g/mol. The van der Waals surface area contributed by atoms with Crippen LogP contribution in [-0.4, -0.2) is 43.1 Å². The number of aromatic nitrogens is 1. The van der Waals surface area contributed by atoms with Crippen molar-refractivity contribution in [1.29, 1.82) is 0 Å². The van der Waals surface area contributed by atoms with Gasteiger partial charge >= 0.3 is 6.18 Å². The summed E-state index contributed by atoms with van der Waals surface area (Å²) in [5.74, 6) is -0.261. The number of pyridine rings is 1. The van der Waals surface area contributed by atoms with Crippen LogP contribution in [0.3, 0.4) is 0 Å². The molecule has 0 bridgehead atoms. The number of fused-ring (bicyclic) bond motifs is 1. The van der Waals surface area contributed by atoms with Crippen LogP contribution >= 0.6 is 0 Å². The molecular formula is C21H23F4N3O. The van der Waals surface area contributed by atoms with Crippen LogP contribution in [0, 0.1) is 11.8 Å². The van der Waals surface area contributed by atoms with Crippen molar-refractivity contribution in [2.45, 2.75) is 31.6 Å². The Morgan fingerprint density at radius 1 is 1.17 bits per heavy atom. The van der Waals surface area contributed by atoms with E-state index in [1.54, 1.807) is 12.1 Å². The van der Waals surface area contributed by atoms with Crippen molar-refractivity contribution in [3.63, 3.8) is 0 Å². The number of piperidine rings is 1. The van der Waals surface area contributed by atoms with Crippen LogP contribution in [0.5, 0.6) is 0 Å². The van der Waals surface area contributed by atoms with Crippen molar-refractivity contribution in [1.82, 2.24) is 10.3 Å². The first-order valence-corrected chi connectivity index (χ1v) is 9.92. The second kappa shape index (κ2) is 7.89. The van der Waals surface area contributed by atoms with Crippen LogP contribution in [0.1, 0.15) is 24.8 Å². The summed E-state index contributed by atoms with van der Waals surface area (Å²) < 4.78 is 53.7. The summed E-state index contributed by atoms with van der Waals surface area (Å²) in [6, 6.07) is 5.85. The third-order valence-corrected chi connectivity index (χ3v) is 6.06. The molecule has 0 aliphatic carbocycles. The molecule has 0 amide bonds. The fourth-order valence-corrected chi connectivity index (χ4v) is 4.43. The SMILES string of the molecule is O=C(C[C@@H]1CNC[C@@H]1F)C1CCN(c2ccc(C(F)(F)F)c3ncccc23)CC1. The number of halogens is 4. The number of hydrogen-bond acceptors (Lipinski definition) is 4. The Balaban J connectivity index is 1.47. The molecule has 2 saturated heterocycles. The topological polar surface area (TPSA) is 45.2 Å². The van der Waals surface area contributed by atoms with Crippen LogP contribution in [0.4, 0.5) is 23.2 Å². The van der Waals surface area contributed by atoms with Gasteiger partial charge < -0.3 is 10.2 Å². The smallest absolute Gasteiger partial charge is 0.371 e. The maximum atomic E-state index is 13.8. The molecule has 2 atom stereocenters. The molecule has 0 radical (unpaired) electrons. The van der Waals surface area contributed by atoms with Gasteiger partial charge in [0.25, 0.3) is 0 Å². The third kappa shape index (κ3) is 4.08. The van der Waals surface area contributed by atoms with Crippen LogP contribution in [0.2, 0.25) is 0 Å². The highest BCUT2D eigenvalue weighted by molar-refractivity contribution is 5.94. The predicted octanol–water partition coefficient (Wildman–Crippen LogP) is 3.99. The molecule has 2 fully saturated rings. The zero-order valence-corrected chi connectivity index (χ0v) is 15.9. The molecule has 1 aromatic heterocycles. The average Bonchev–Trinajstić information content (AvgIpc) is 3.11. The standard InChI is InChI=1S/C21H23F4N3O/c22-17-12-26-11-14(17)10-19(29)13-5-8-28(9-6-13)18-4-3-16(21(23,24)25)20-15(18)2-1-7-27-20/h1-4,7,13-14,17,26H,5-6,8-12H2/t14-,17+/m1/s1. The second-order valence-corrected chi connectivity index (χ2v) is 7.90. The van der Waals surface area contributed by atoms with Crippen molar-refractivity contribution in [2.24, 2.45) is 11.8 Å². The van der Waals surface area contributed by atoms with Crippen molar-refractivity contribution < 1.29 is 22.4 Å². The van der Waals surface area contributed by atoms with E-state index in [4.69, 9.17) is 0 Å². The maximum Gasteiger partial charge on any atom is 0.418 e. The van der Waals surface area contributed by atoms with Gasteiger partial charge in [-0.1, -0.05) is 0 Å². The van der Waals surface area contributed by atoms with Gasteiger partial charge in [0.15, 0.2) is 0 Å². The highest BCUT2D eigenvalue weighted by atomic mass is 19.4. The number of benzene rings is 1. The quantitative estimate of drug-likeness (QED) is 0.776. The van der Waals surface area contributed by atoms with Gasteiger partial charge in [0.1, 0.15) is 12.0 Å². The molecule has 0 spiro atoms. The minimum atomic E-state index is -4.46. The van der Waals surface area contributed by atoms with Crippen LogP contribution in [0.25, 0.3) is 10.9 Å². The van der Waals surface area contributed by atoms with Gasteiger partial charge in [-0.2, -0.15) is 13.2 Å². The van der Waals surface area contributed by atoms with Crippen molar-refractivity contribution >= 4 is 22.4 Å². The Bertz CT molecular complexity index is 893. The normalized spacial score (nSPS) is 23.7. The van der Waals surface area contributed by atoms with Gasteiger partial charge in [-0.25, -0.2) is 4.39 Å². The lowest BCUT2D eigenvalue weighted by molar-refractivity contribution is -0.136. The van der Waals surface area contributed by atoms with E-state index in [-0.39, 0.29) is 29.6 Å². The number of hydrogen-bond donors (Lipinski definition) is 1. The number of Topliss-reactive ketones (excluding diaryl/α,β-unsaturated/α-hetero) is 1. The number of ketones is 1. The number of nitrogens with one attached hydrogen (secondary N) is 1. The van der Waals surface area contributed by atoms with E-state index in [1.165, 1.54) is 12.3 Å². The van der Waals surface area contributed by atoms with Crippen molar-refractivity contribution in [3.05, 3.63) is 36.0 Å². The van der Waals surface area contributed by atoms with Crippen LogP contribution < -0.4 is 10.2 Å². The Labute approximate surface area is 166 Å². The summed E-state index contributed by atoms with van der Waals surface area (Å²) in [7, 11) is 0. The Morgan fingerprint density at radius 2 is 1.93 bits per heavy atom. The number of alkyl halides is 4. The van der Waals surface area contributed by atoms with E-state index in [9.17, 15) is 22.4 Å². The number of anilines is 1. The Morgan fingerprint density at radius 3 is 2.59 bits per heavy atom. The van der Waals surface area contributed by atoms with E-state index in [0.29, 0.717) is 50.1 Å². The second-order valence-electron chi connectivity index (χ2n) is 7.90. The minimum absolute atomic E-state index is 0.0570. The summed E-state index contributed by atoms with van der Waals surface area (Å²) in [6.45, 7) is 2.00. The van der Waals surface area contributed by atoms with Gasteiger partial charge in [-0.15, -0.1) is 0 Å². The first-order valence-electron chi connectivity index (χ1n) is 9.92. The number of nitrogens with zero attached hydrogens (tertiary/aromatic N) is 2. The lowest BCUT2D eigenvalue weighted by Crippen LogP contribution is -2.37.